The summed E-state index contributed by atoms with van der Waals surface area (Å²) in [5.41, 5.74) is 9.33. The number of nitrogen functional groups attached to an aromatic ring is 1. The molecular weight excluding hydrogens is 428 g/mol. The Morgan fingerprint density at radius 3 is 2.74 bits per heavy atom. The maximum atomic E-state index is 13.3. The number of aryl methyl sites for hydroxylation is 1. The number of amides is 2. The number of nitrogens with two attached hydrogens (primary N) is 1. The van der Waals surface area contributed by atoms with Crippen LogP contribution in [-0.2, 0) is 17.5 Å². The van der Waals surface area contributed by atoms with E-state index in [1.165, 1.54) is 0 Å². The highest BCUT2D eigenvalue weighted by atomic mass is 16.2. The first-order valence-electron chi connectivity index (χ1n) is 11.7. The molecule has 0 radical (unpaired) electrons. The smallest absolute Gasteiger partial charge is 0.318 e. The first-order chi connectivity index (χ1) is 16.5. The highest BCUT2D eigenvalue weighted by Crippen LogP contribution is 2.45. The number of urea groups is 1. The molecule has 172 valence electrons. The van der Waals surface area contributed by atoms with Crippen molar-refractivity contribution in [1.82, 2.24) is 30.0 Å². The maximum Gasteiger partial charge on any atom is 0.318 e. The lowest BCUT2D eigenvalue weighted by atomic mass is 9.74. The summed E-state index contributed by atoms with van der Waals surface area (Å²) in [6, 6.07) is 11.8. The zero-order valence-electron chi connectivity index (χ0n) is 18.9. The van der Waals surface area contributed by atoms with Gasteiger partial charge in [0.25, 0.3) is 0 Å². The van der Waals surface area contributed by atoms with Gasteiger partial charge in [-0.3, -0.25) is 9.67 Å². The van der Waals surface area contributed by atoms with Crippen LogP contribution < -0.4 is 11.1 Å². The number of rotatable bonds is 3. The minimum atomic E-state index is -0.348. The van der Waals surface area contributed by atoms with E-state index >= 15 is 0 Å². The van der Waals surface area contributed by atoms with Gasteiger partial charge in [0.05, 0.1) is 22.5 Å². The first-order valence-corrected chi connectivity index (χ1v) is 11.7. The lowest BCUT2D eigenvalue weighted by Crippen LogP contribution is -2.55. The molecule has 1 atom stereocenters. The van der Waals surface area contributed by atoms with E-state index in [1.807, 2.05) is 27.8 Å². The molecule has 1 unspecified atom stereocenters. The van der Waals surface area contributed by atoms with Crippen LogP contribution in [0.5, 0.6) is 0 Å². The van der Waals surface area contributed by atoms with Crippen molar-refractivity contribution in [3.8, 4) is 17.3 Å². The SMILES string of the molecule is N#Cc1cc(-c2cc3n(n2)CCC32CCN(C(=O)NC3(c4ccccn4)CCC3)C2)cnc1N. The van der Waals surface area contributed by atoms with Crippen LogP contribution in [0.3, 0.4) is 0 Å². The third-order valence-electron chi connectivity index (χ3n) is 7.81. The minimum Gasteiger partial charge on any atom is -0.383 e. The number of likely N-dealkylation sites (tertiary alicyclic amines) is 1. The average molecular weight is 455 g/mol. The molecule has 0 aromatic carbocycles. The summed E-state index contributed by atoms with van der Waals surface area (Å²) >= 11 is 0. The van der Waals surface area contributed by atoms with Crippen LogP contribution in [0.2, 0.25) is 0 Å². The predicted molar refractivity (Wildman–Crippen MR) is 125 cm³/mol. The lowest BCUT2D eigenvalue weighted by Gasteiger charge is -2.42. The molecule has 1 saturated carbocycles. The molecule has 5 heterocycles. The van der Waals surface area contributed by atoms with Gasteiger partial charge in [-0.1, -0.05) is 6.07 Å². The van der Waals surface area contributed by atoms with Crippen LogP contribution in [0.4, 0.5) is 10.6 Å². The van der Waals surface area contributed by atoms with Crippen molar-refractivity contribution in [2.45, 2.75) is 49.6 Å². The number of carbonyl (C=O) groups is 1. The molecule has 9 heteroatoms. The van der Waals surface area contributed by atoms with Crippen LogP contribution in [0.25, 0.3) is 11.3 Å². The summed E-state index contributed by atoms with van der Waals surface area (Å²) in [5.74, 6) is 0.224. The number of hydrogen-bond donors (Lipinski definition) is 2. The van der Waals surface area contributed by atoms with E-state index in [2.05, 4.69) is 27.4 Å². The van der Waals surface area contributed by atoms with E-state index in [0.717, 1.165) is 61.3 Å². The molecule has 2 aliphatic heterocycles. The Bertz CT molecular complexity index is 1310. The fourth-order valence-corrected chi connectivity index (χ4v) is 5.67. The van der Waals surface area contributed by atoms with Gasteiger partial charge >= 0.3 is 6.03 Å². The summed E-state index contributed by atoms with van der Waals surface area (Å²) in [5, 5.41) is 17.4. The fraction of sp³-hybridized carbons (Fsp3) is 0.400. The number of nitrogens with zero attached hydrogens (tertiary/aromatic N) is 6. The highest BCUT2D eigenvalue weighted by molar-refractivity contribution is 5.76. The number of fused-ring (bicyclic) bond motifs is 2. The Hall–Kier alpha value is -3.93. The molecule has 1 aliphatic carbocycles. The summed E-state index contributed by atoms with van der Waals surface area (Å²) < 4.78 is 2.04. The zero-order chi connectivity index (χ0) is 23.3. The number of carbonyl (C=O) groups excluding carboxylic acids is 1. The topological polar surface area (TPSA) is 126 Å². The second-order valence-corrected chi connectivity index (χ2v) is 9.69. The van der Waals surface area contributed by atoms with Crippen molar-refractivity contribution < 1.29 is 4.79 Å². The van der Waals surface area contributed by atoms with E-state index in [1.54, 1.807) is 18.5 Å². The standard InChI is InChI=1S/C25H26N8O/c26-14-17-12-18(15-29-22(17)27)19-13-21-24(8-11-33(21)31-19)7-10-32(16-24)23(34)30-25(5-3-6-25)20-4-1-2-9-28-20/h1-2,4,9,12-13,15H,3,5-8,10-11,16H2,(H2,27,29)(H,30,34). The zero-order valence-corrected chi connectivity index (χ0v) is 18.9. The van der Waals surface area contributed by atoms with Crippen molar-refractivity contribution in [2.75, 3.05) is 18.8 Å². The normalized spacial score (nSPS) is 22.3. The van der Waals surface area contributed by atoms with Crippen molar-refractivity contribution in [2.24, 2.45) is 0 Å². The summed E-state index contributed by atoms with van der Waals surface area (Å²) in [4.78, 5) is 23.9. The highest BCUT2D eigenvalue weighted by Gasteiger charge is 2.49. The van der Waals surface area contributed by atoms with Gasteiger partial charge < -0.3 is 16.0 Å². The second kappa shape index (κ2) is 7.55. The number of nitriles is 1. The van der Waals surface area contributed by atoms with Crippen molar-refractivity contribution >= 4 is 11.8 Å². The van der Waals surface area contributed by atoms with Gasteiger partial charge in [0.1, 0.15) is 11.9 Å². The van der Waals surface area contributed by atoms with E-state index in [-0.39, 0.29) is 22.8 Å². The number of aromatic nitrogens is 4. The van der Waals surface area contributed by atoms with Crippen molar-refractivity contribution in [3.63, 3.8) is 0 Å². The van der Waals surface area contributed by atoms with Gasteiger partial charge in [-0.15, -0.1) is 0 Å². The van der Waals surface area contributed by atoms with E-state index in [4.69, 9.17) is 10.8 Å². The predicted octanol–water partition coefficient (Wildman–Crippen LogP) is 2.93. The molecule has 0 bridgehead atoms. The summed E-state index contributed by atoms with van der Waals surface area (Å²) in [6.07, 6.45) is 8.26. The summed E-state index contributed by atoms with van der Waals surface area (Å²) in [7, 11) is 0. The number of anilines is 1. The molecule has 3 N–H and O–H groups in total. The first kappa shape index (κ1) is 20.7. The summed E-state index contributed by atoms with van der Waals surface area (Å²) in [6.45, 7) is 2.20. The van der Waals surface area contributed by atoms with Gasteiger partial charge in [0.2, 0.25) is 0 Å². The molecule has 1 spiro atoms. The van der Waals surface area contributed by atoms with Gasteiger partial charge in [-0.25, -0.2) is 9.78 Å². The molecule has 3 aliphatic rings. The van der Waals surface area contributed by atoms with Gasteiger partial charge in [-0.2, -0.15) is 10.4 Å². The second-order valence-electron chi connectivity index (χ2n) is 9.69. The molecule has 2 fully saturated rings. The largest absolute Gasteiger partial charge is 0.383 e. The van der Waals surface area contributed by atoms with Gasteiger partial charge in [-0.05, 0) is 56.4 Å². The Morgan fingerprint density at radius 2 is 2.00 bits per heavy atom. The monoisotopic (exact) mass is 454 g/mol. The Kier molecular flexibility index (Phi) is 4.59. The third-order valence-corrected chi connectivity index (χ3v) is 7.81. The molecule has 3 aromatic heterocycles. The van der Waals surface area contributed by atoms with Crippen LogP contribution >= 0.6 is 0 Å². The Morgan fingerprint density at radius 1 is 1.15 bits per heavy atom. The van der Waals surface area contributed by atoms with Crippen molar-refractivity contribution in [1.29, 1.82) is 5.26 Å². The lowest BCUT2D eigenvalue weighted by molar-refractivity contribution is 0.151. The van der Waals surface area contributed by atoms with Crippen LogP contribution in [0.15, 0.2) is 42.7 Å². The number of pyridine rings is 2. The minimum absolute atomic E-state index is 0.0122. The molecular formula is C25H26N8O. The quantitative estimate of drug-likeness (QED) is 0.627. The molecule has 3 aromatic rings. The average Bonchev–Trinajstić information content (AvgIpc) is 3.54. The third kappa shape index (κ3) is 3.13. The van der Waals surface area contributed by atoms with Crippen molar-refractivity contribution in [3.05, 3.63) is 59.7 Å². The van der Waals surface area contributed by atoms with E-state index in [0.29, 0.717) is 18.7 Å². The Labute approximate surface area is 197 Å². The molecule has 9 nitrogen and oxygen atoms in total. The van der Waals surface area contributed by atoms with Crippen LogP contribution in [0.1, 0.15) is 49.1 Å². The van der Waals surface area contributed by atoms with E-state index < -0.39 is 0 Å². The van der Waals surface area contributed by atoms with Crippen LogP contribution in [0, 0.1) is 11.3 Å². The number of hydrogen-bond acceptors (Lipinski definition) is 6. The molecule has 6 rings (SSSR count). The molecule has 1 saturated heterocycles. The molecule has 34 heavy (non-hydrogen) atoms. The van der Waals surface area contributed by atoms with Gasteiger partial charge in [0.15, 0.2) is 0 Å². The van der Waals surface area contributed by atoms with Gasteiger partial charge in [0, 0.05) is 48.7 Å². The molecule has 2 amide bonds. The van der Waals surface area contributed by atoms with Crippen LogP contribution in [-0.4, -0.2) is 43.8 Å². The maximum absolute atomic E-state index is 13.3. The fourth-order valence-electron chi connectivity index (χ4n) is 5.67. The number of nitrogens with one attached hydrogen (secondary N) is 1. The van der Waals surface area contributed by atoms with E-state index in [9.17, 15) is 10.1 Å². The Balaban J connectivity index is 1.22.